The van der Waals surface area contributed by atoms with Gasteiger partial charge >= 0.3 is 0 Å². The lowest BCUT2D eigenvalue weighted by Gasteiger charge is -2.36. The monoisotopic (exact) mass is 380 g/mol. The molecule has 0 radical (unpaired) electrons. The van der Waals surface area contributed by atoms with Crippen LogP contribution in [0, 0.1) is 5.92 Å². The van der Waals surface area contributed by atoms with Gasteiger partial charge in [0.25, 0.3) is 0 Å². The number of piperazine rings is 1. The number of benzene rings is 2. The number of hydrogen-bond acceptors (Lipinski definition) is 4. The summed E-state index contributed by atoms with van der Waals surface area (Å²) in [7, 11) is 0. The summed E-state index contributed by atoms with van der Waals surface area (Å²) in [5.74, 6) is 0.898. The van der Waals surface area contributed by atoms with Crippen molar-refractivity contribution in [2.24, 2.45) is 5.92 Å². The highest BCUT2D eigenvalue weighted by molar-refractivity contribution is 5.85. The maximum Gasteiger partial charge on any atom is 0.241 e. The molecule has 0 spiro atoms. The van der Waals surface area contributed by atoms with Crippen LogP contribution in [0.1, 0.15) is 32.3 Å². The molecule has 150 valence electrons. The average Bonchev–Trinajstić information content (AvgIpc) is 3.16. The molecular formula is C23H32N4O. The number of carbonyl (C=O) groups excluding carboxylic acids is 1. The molecule has 0 aromatic heterocycles. The van der Waals surface area contributed by atoms with Crippen LogP contribution in [0.2, 0.25) is 0 Å². The van der Waals surface area contributed by atoms with Gasteiger partial charge in [-0.15, -0.1) is 0 Å². The Bertz CT molecular complexity index is 808. The highest BCUT2D eigenvalue weighted by atomic mass is 16.2. The second kappa shape index (κ2) is 8.60. The first-order valence-corrected chi connectivity index (χ1v) is 10.6. The number of hydrogen-bond donors (Lipinski definition) is 2. The van der Waals surface area contributed by atoms with Crippen LogP contribution in [0.5, 0.6) is 0 Å². The summed E-state index contributed by atoms with van der Waals surface area (Å²) >= 11 is 0. The standard InChI is InChI=1S/C23H32N4O/c1-17(2)14-20-15-22(25-24-20)23(28)27-12-10-26(11-13-27)16-19-8-5-7-18-6-3-4-9-21(18)19/h3-9,17,20,22,24-25H,10-16H2,1-2H3. The van der Waals surface area contributed by atoms with Gasteiger partial charge in [0.2, 0.25) is 5.91 Å². The van der Waals surface area contributed by atoms with Crippen LogP contribution in [-0.4, -0.2) is 54.0 Å². The number of amides is 1. The number of nitrogens with zero attached hydrogens (tertiary/aromatic N) is 2. The summed E-state index contributed by atoms with van der Waals surface area (Å²) in [5, 5.41) is 2.63. The van der Waals surface area contributed by atoms with Gasteiger partial charge in [-0.05, 0) is 35.1 Å². The van der Waals surface area contributed by atoms with Crippen LogP contribution in [0.3, 0.4) is 0 Å². The molecule has 1 amide bonds. The van der Waals surface area contributed by atoms with Gasteiger partial charge in [0.1, 0.15) is 6.04 Å². The molecule has 5 nitrogen and oxygen atoms in total. The zero-order chi connectivity index (χ0) is 19.5. The van der Waals surface area contributed by atoms with Gasteiger partial charge in [-0.2, -0.15) is 0 Å². The van der Waals surface area contributed by atoms with Crippen LogP contribution in [0.15, 0.2) is 42.5 Å². The Hall–Kier alpha value is -1.95. The van der Waals surface area contributed by atoms with Crippen LogP contribution in [-0.2, 0) is 11.3 Å². The Kier molecular flexibility index (Phi) is 5.95. The normalized spacial score (nSPS) is 23.6. The predicted molar refractivity (Wildman–Crippen MR) is 114 cm³/mol. The van der Waals surface area contributed by atoms with Crippen LogP contribution in [0.4, 0.5) is 0 Å². The topological polar surface area (TPSA) is 47.6 Å². The Morgan fingerprint density at radius 3 is 2.57 bits per heavy atom. The Labute approximate surface area is 168 Å². The molecule has 0 bridgehead atoms. The van der Waals surface area contributed by atoms with Crippen LogP contribution < -0.4 is 10.9 Å². The number of rotatable bonds is 5. The molecule has 2 atom stereocenters. The summed E-state index contributed by atoms with van der Waals surface area (Å²) in [6.07, 6.45) is 2.00. The highest BCUT2D eigenvalue weighted by Gasteiger charge is 2.33. The van der Waals surface area contributed by atoms with E-state index in [1.807, 2.05) is 4.90 Å². The quantitative estimate of drug-likeness (QED) is 0.837. The molecule has 0 saturated carbocycles. The second-order valence-corrected chi connectivity index (χ2v) is 8.64. The van der Waals surface area contributed by atoms with E-state index in [9.17, 15) is 4.79 Å². The first-order chi connectivity index (χ1) is 13.6. The van der Waals surface area contributed by atoms with Crippen molar-refractivity contribution in [2.75, 3.05) is 26.2 Å². The SMILES string of the molecule is CC(C)CC1CC(C(=O)N2CCN(Cc3cccc4ccccc34)CC2)NN1. The number of fused-ring (bicyclic) bond motifs is 1. The Morgan fingerprint density at radius 2 is 1.79 bits per heavy atom. The lowest BCUT2D eigenvalue weighted by atomic mass is 9.99. The van der Waals surface area contributed by atoms with Crippen molar-refractivity contribution in [3.05, 3.63) is 48.0 Å². The van der Waals surface area contributed by atoms with Gasteiger partial charge in [-0.1, -0.05) is 56.3 Å². The molecule has 4 rings (SSSR count). The fourth-order valence-corrected chi connectivity index (χ4v) is 4.53. The van der Waals surface area contributed by atoms with Crippen molar-refractivity contribution in [1.82, 2.24) is 20.7 Å². The summed E-state index contributed by atoms with van der Waals surface area (Å²) in [6, 6.07) is 15.4. The van der Waals surface area contributed by atoms with Crippen molar-refractivity contribution >= 4 is 16.7 Å². The number of carbonyl (C=O) groups is 1. The number of nitrogens with one attached hydrogen (secondary N) is 2. The van der Waals surface area contributed by atoms with Gasteiger partial charge in [0, 0.05) is 38.8 Å². The van der Waals surface area contributed by atoms with E-state index in [2.05, 4.69) is 72.1 Å². The van der Waals surface area contributed by atoms with Crippen molar-refractivity contribution in [1.29, 1.82) is 0 Å². The minimum atomic E-state index is -0.0756. The molecule has 5 heteroatoms. The lowest BCUT2D eigenvalue weighted by Crippen LogP contribution is -2.53. The fourth-order valence-electron chi connectivity index (χ4n) is 4.53. The maximum atomic E-state index is 12.9. The Morgan fingerprint density at radius 1 is 1.04 bits per heavy atom. The third-order valence-electron chi connectivity index (χ3n) is 5.99. The molecule has 2 saturated heterocycles. The minimum Gasteiger partial charge on any atom is -0.339 e. The third kappa shape index (κ3) is 4.37. The summed E-state index contributed by atoms with van der Waals surface area (Å²) in [5.41, 5.74) is 7.91. The summed E-state index contributed by atoms with van der Waals surface area (Å²) in [6.45, 7) is 8.91. The van der Waals surface area contributed by atoms with Gasteiger partial charge < -0.3 is 4.90 Å². The van der Waals surface area contributed by atoms with E-state index in [4.69, 9.17) is 0 Å². The van der Waals surface area contributed by atoms with Crippen molar-refractivity contribution in [3.63, 3.8) is 0 Å². The van der Waals surface area contributed by atoms with Crippen LogP contribution in [0.25, 0.3) is 10.8 Å². The van der Waals surface area contributed by atoms with Gasteiger partial charge in [-0.3, -0.25) is 15.1 Å². The first kappa shape index (κ1) is 19.4. The molecule has 2 aromatic carbocycles. The number of hydrazine groups is 1. The third-order valence-corrected chi connectivity index (χ3v) is 5.99. The molecule has 0 aliphatic carbocycles. The summed E-state index contributed by atoms with van der Waals surface area (Å²) < 4.78 is 0. The van der Waals surface area contributed by atoms with E-state index in [1.165, 1.54) is 16.3 Å². The molecule has 2 aromatic rings. The molecule has 28 heavy (non-hydrogen) atoms. The molecule has 2 fully saturated rings. The second-order valence-electron chi connectivity index (χ2n) is 8.64. The van der Waals surface area contributed by atoms with Gasteiger partial charge in [0.05, 0.1) is 0 Å². The lowest BCUT2D eigenvalue weighted by molar-refractivity contribution is -0.135. The molecule has 2 heterocycles. The largest absolute Gasteiger partial charge is 0.339 e. The molecule has 2 aliphatic heterocycles. The van der Waals surface area contributed by atoms with Gasteiger partial charge in [0.15, 0.2) is 0 Å². The van der Waals surface area contributed by atoms with Crippen molar-refractivity contribution in [2.45, 2.75) is 45.3 Å². The van der Waals surface area contributed by atoms with E-state index in [-0.39, 0.29) is 11.9 Å². The average molecular weight is 381 g/mol. The molecular weight excluding hydrogens is 348 g/mol. The molecule has 2 aliphatic rings. The maximum absolute atomic E-state index is 12.9. The smallest absolute Gasteiger partial charge is 0.241 e. The Balaban J connectivity index is 1.30. The van der Waals surface area contributed by atoms with E-state index in [0.717, 1.165) is 45.6 Å². The summed E-state index contributed by atoms with van der Waals surface area (Å²) in [4.78, 5) is 17.4. The predicted octanol–water partition coefficient (Wildman–Crippen LogP) is 2.77. The first-order valence-electron chi connectivity index (χ1n) is 10.6. The van der Waals surface area contributed by atoms with E-state index >= 15 is 0 Å². The molecule has 2 N–H and O–H groups in total. The highest BCUT2D eigenvalue weighted by Crippen LogP contribution is 2.21. The van der Waals surface area contributed by atoms with E-state index in [1.54, 1.807) is 0 Å². The van der Waals surface area contributed by atoms with Crippen molar-refractivity contribution in [3.8, 4) is 0 Å². The minimum absolute atomic E-state index is 0.0756. The van der Waals surface area contributed by atoms with E-state index < -0.39 is 0 Å². The molecule has 2 unspecified atom stereocenters. The van der Waals surface area contributed by atoms with Crippen LogP contribution >= 0.6 is 0 Å². The van der Waals surface area contributed by atoms with Gasteiger partial charge in [-0.25, -0.2) is 5.43 Å². The fraction of sp³-hybridized carbons (Fsp3) is 0.522. The van der Waals surface area contributed by atoms with E-state index in [0.29, 0.717) is 12.0 Å². The zero-order valence-electron chi connectivity index (χ0n) is 17.0. The zero-order valence-corrected chi connectivity index (χ0v) is 17.0. The van der Waals surface area contributed by atoms with Crippen molar-refractivity contribution < 1.29 is 4.79 Å².